The van der Waals surface area contributed by atoms with Crippen LogP contribution in [-0.4, -0.2) is 0 Å². The molecule has 0 nitrogen and oxygen atoms in total. The zero-order valence-electron chi connectivity index (χ0n) is 7.43. The Bertz CT molecular complexity index is 207. The van der Waals surface area contributed by atoms with Crippen LogP contribution in [0, 0.1) is 35.5 Å². The van der Waals surface area contributed by atoms with Gasteiger partial charge in [0.15, 0.2) is 0 Å². The Kier molecular flexibility index (Phi) is 1.34. The quantitative estimate of drug-likeness (QED) is 0.463. The maximum Gasteiger partial charge on any atom is 0.0340 e. The van der Waals surface area contributed by atoms with E-state index in [0.717, 1.165) is 17.8 Å². The Labute approximate surface area is 69.4 Å². The van der Waals surface area contributed by atoms with Gasteiger partial charge in [0, 0.05) is 5.41 Å². The summed E-state index contributed by atoms with van der Waals surface area (Å²) in [5, 5.41) is 0. The van der Waals surface area contributed by atoms with Gasteiger partial charge in [-0.25, -0.2) is 0 Å². The average Bonchev–Trinajstić information content (AvgIpc) is 2.56. The molecule has 4 unspecified atom stereocenters. The van der Waals surface area contributed by atoms with Gasteiger partial charge in [0.2, 0.25) is 0 Å². The summed E-state index contributed by atoms with van der Waals surface area (Å²) in [5.41, 5.74) is 0.239. The lowest BCUT2D eigenvalue weighted by Crippen LogP contribution is -2.29. The first kappa shape index (κ1) is 7.22. The molecule has 2 saturated carbocycles. The molecule has 0 N–H and O–H groups in total. The predicted octanol–water partition coefficient (Wildman–Crippen LogP) is 2.69. The topological polar surface area (TPSA) is 0 Å². The van der Waals surface area contributed by atoms with E-state index in [1.807, 2.05) is 0 Å². The van der Waals surface area contributed by atoms with Crippen molar-refractivity contribution in [2.24, 2.45) is 23.2 Å². The van der Waals surface area contributed by atoms with Crippen LogP contribution < -0.4 is 0 Å². The first-order valence-electron chi connectivity index (χ1n) is 4.66. The Morgan fingerprint density at radius 3 is 2.55 bits per heavy atom. The van der Waals surface area contributed by atoms with E-state index in [1.165, 1.54) is 19.3 Å². The molecule has 60 valence electrons. The molecule has 4 atom stereocenters. The van der Waals surface area contributed by atoms with E-state index in [1.54, 1.807) is 0 Å². The number of hydrogen-bond donors (Lipinski definition) is 0. The molecule has 2 rings (SSSR count). The molecule has 0 aromatic heterocycles. The van der Waals surface area contributed by atoms with E-state index < -0.39 is 0 Å². The van der Waals surface area contributed by atoms with Gasteiger partial charge in [0.25, 0.3) is 0 Å². The fourth-order valence-electron chi connectivity index (χ4n) is 3.13. The fourth-order valence-corrected chi connectivity index (χ4v) is 3.13. The molecular weight excluding hydrogens is 132 g/mol. The largest absolute Gasteiger partial charge is 0.120 e. The maximum atomic E-state index is 5.60. The second kappa shape index (κ2) is 2.03. The van der Waals surface area contributed by atoms with Crippen LogP contribution in [0.15, 0.2) is 0 Å². The minimum atomic E-state index is 0.239. The van der Waals surface area contributed by atoms with Gasteiger partial charge in [-0.1, -0.05) is 12.8 Å². The van der Waals surface area contributed by atoms with Crippen molar-refractivity contribution in [3.8, 4) is 12.3 Å². The third kappa shape index (κ3) is 0.719. The summed E-state index contributed by atoms with van der Waals surface area (Å²) >= 11 is 0. The van der Waals surface area contributed by atoms with Crippen molar-refractivity contribution >= 4 is 0 Å². The standard InChI is InChI=1S/C11H16/c1-4-11(3)8(2)9-5-6-10(11)7-9/h1,8-10H,5-7H2,2-3H3. The highest BCUT2D eigenvalue weighted by atomic mass is 14.6. The minimum Gasteiger partial charge on any atom is -0.120 e. The van der Waals surface area contributed by atoms with Crippen LogP contribution in [0.4, 0.5) is 0 Å². The lowest BCUT2D eigenvalue weighted by atomic mass is 9.69. The molecule has 0 saturated heterocycles. The first-order chi connectivity index (χ1) is 5.18. The van der Waals surface area contributed by atoms with E-state index in [-0.39, 0.29) is 5.41 Å². The molecule has 0 radical (unpaired) electrons. The zero-order chi connectivity index (χ0) is 8.06. The van der Waals surface area contributed by atoms with Gasteiger partial charge in [0.1, 0.15) is 0 Å². The number of terminal acetylenes is 1. The van der Waals surface area contributed by atoms with Crippen molar-refractivity contribution in [3.63, 3.8) is 0 Å². The molecule has 0 heterocycles. The molecule has 2 fully saturated rings. The fraction of sp³-hybridized carbons (Fsp3) is 0.818. The molecular formula is C11H16. The summed E-state index contributed by atoms with van der Waals surface area (Å²) in [4.78, 5) is 0. The molecule has 11 heavy (non-hydrogen) atoms. The van der Waals surface area contributed by atoms with Crippen LogP contribution in [0.25, 0.3) is 0 Å². The van der Waals surface area contributed by atoms with Crippen LogP contribution in [0.5, 0.6) is 0 Å². The van der Waals surface area contributed by atoms with Crippen molar-refractivity contribution in [2.75, 3.05) is 0 Å². The van der Waals surface area contributed by atoms with Crippen LogP contribution >= 0.6 is 0 Å². The van der Waals surface area contributed by atoms with Crippen molar-refractivity contribution in [1.82, 2.24) is 0 Å². The van der Waals surface area contributed by atoms with Crippen molar-refractivity contribution in [1.29, 1.82) is 0 Å². The third-order valence-corrected chi connectivity index (χ3v) is 4.29. The second-order valence-corrected chi connectivity index (χ2v) is 4.49. The van der Waals surface area contributed by atoms with Crippen molar-refractivity contribution in [3.05, 3.63) is 0 Å². The van der Waals surface area contributed by atoms with E-state index >= 15 is 0 Å². The highest BCUT2D eigenvalue weighted by Crippen LogP contribution is 2.58. The Morgan fingerprint density at radius 2 is 2.18 bits per heavy atom. The summed E-state index contributed by atoms with van der Waals surface area (Å²) in [6.45, 7) is 4.62. The monoisotopic (exact) mass is 148 g/mol. The van der Waals surface area contributed by atoms with Crippen molar-refractivity contribution < 1.29 is 0 Å². The van der Waals surface area contributed by atoms with Gasteiger partial charge in [-0.3, -0.25) is 0 Å². The van der Waals surface area contributed by atoms with Gasteiger partial charge >= 0.3 is 0 Å². The molecule has 0 aromatic rings. The van der Waals surface area contributed by atoms with E-state index in [9.17, 15) is 0 Å². The molecule has 0 aliphatic heterocycles. The maximum absolute atomic E-state index is 5.60. The lowest BCUT2D eigenvalue weighted by molar-refractivity contribution is 0.184. The highest BCUT2D eigenvalue weighted by Gasteiger charge is 2.52. The van der Waals surface area contributed by atoms with Gasteiger partial charge in [-0.05, 0) is 43.9 Å². The number of hydrogen-bond acceptors (Lipinski definition) is 0. The molecule has 0 heteroatoms. The average molecular weight is 148 g/mol. The molecule has 2 aliphatic rings. The SMILES string of the molecule is C#CC1(C)C2CCC(C2)C1C. The summed E-state index contributed by atoms with van der Waals surface area (Å²) in [5.74, 6) is 5.58. The molecule has 0 aromatic carbocycles. The summed E-state index contributed by atoms with van der Waals surface area (Å²) in [6, 6.07) is 0. The van der Waals surface area contributed by atoms with Gasteiger partial charge < -0.3 is 0 Å². The molecule has 2 aliphatic carbocycles. The minimum absolute atomic E-state index is 0.239. The normalized spacial score (nSPS) is 54.5. The van der Waals surface area contributed by atoms with Crippen LogP contribution in [0.2, 0.25) is 0 Å². The van der Waals surface area contributed by atoms with Crippen molar-refractivity contribution in [2.45, 2.75) is 33.1 Å². The number of rotatable bonds is 0. The Balaban J connectivity index is 2.32. The third-order valence-electron chi connectivity index (χ3n) is 4.29. The van der Waals surface area contributed by atoms with Crippen LogP contribution in [-0.2, 0) is 0 Å². The first-order valence-corrected chi connectivity index (χ1v) is 4.66. The molecule has 2 bridgehead atoms. The number of fused-ring (bicyclic) bond motifs is 2. The predicted molar refractivity (Wildman–Crippen MR) is 46.9 cm³/mol. The summed E-state index contributed by atoms with van der Waals surface area (Å²) < 4.78 is 0. The zero-order valence-corrected chi connectivity index (χ0v) is 7.43. The van der Waals surface area contributed by atoms with Crippen LogP contribution in [0.3, 0.4) is 0 Å². The smallest absolute Gasteiger partial charge is 0.0340 e. The van der Waals surface area contributed by atoms with E-state index in [2.05, 4.69) is 19.8 Å². The lowest BCUT2D eigenvalue weighted by Gasteiger charge is -2.34. The summed E-state index contributed by atoms with van der Waals surface area (Å²) in [6.07, 6.45) is 9.82. The van der Waals surface area contributed by atoms with Gasteiger partial charge in [-0.15, -0.1) is 6.42 Å². The Hall–Kier alpha value is -0.440. The van der Waals surface area contributed by atoms with Gasteiger partial charge in [0.05, 0.1) is 0 Å². The Morgan fingerprint density at radius 1 is 1.45 bits per heavy atom. The van der Waals surface area contributed by atoms with Crippen LogP contribution in [0.1, 0.15) is 33.1 Å². The van der Waals surface area contributed by atoms with Gasteiger partial charge in [-0.2, -0.15) is 0 Å². The summed E-state index contributed by atoms with van der Waals surface area (Å²) in [7, 11) is 0. The van der Waals surface area contributed by atoms with E-state index in [0.29, 0.717) is 0 Å². The molecule has 0 spiro atoms. The second-order valence-electron chi connectivity index (χ2n) is 4.49. The highest BCUT2D eigenvalue weighted by molar-refractivity contribution is 5.16. The molecule has 0 amide bonds. The van der Waals surface area contributed by atoms with E-state index in [4.69, 9.17) is 6.42 Å².